The van der Waals surface area contributed by atoms with Gasteiger partial charge >= 0.3 is 0 Å². The number of aryl methyl sites for hydroxylation is 1. The zero-order chi connectivity index (χ0) is 24.9. The summed E-state index contributed by atoms with van der Waals surface area (Å²) in [5.74, 6) is -0.770. The number of fused-ring (bicyclic) bond motifs is 1. The molecule has 2 fully saturated rings. The lowest BCUT2D eigenvalue weighted by Crippen LogP contribution is -2.23. The topological polar surface area (TPSA) is 117 Å². The summed E-state index contributed by atoms with van der Waals surface area (Å²) in [5, 5.41) is 27.6. The number of carbonyl (C=O) groups is 1. The second-order valence-corrected chi connectivity index (χ2v) is 9.66. The van der Waals surface area contributed by atoms with Crippen LogP contribution in [0.4, 0.5) is 20.3 Å². The van der Waals surface area contributed by atoms with Gasteiger partial charge in [0.25, 0.3) is 5.91 Å². The Morgan fingerprint density at radius 2 is 1.86 bits per heavy atom. The molecule has 1 heterocycles. The van der Waals surface area contributed by atoms with Crippen molar-refractivity contribution in [1.82, 2.24) is 9.78 Å². The molecule has 0 radical (unpaired) electrons. The van der Waals surface area contributed by atoms with E-state index >= 15 is 0 Å². The first-order valence-corrected chi connectivity index (χ1v) is 11.5. The number of amides is 1. The fraction of sp³-hybridized carbons (Fsp3) is 0.346. The summed E-state index contributed by atoms with van der Waals surface area (Å²) in [6.45, 7) is 0. The number of nitrogens with two attached hydrogens (primary N) is 1. The first-order chi connectivity index (χ1) is 16.7. The van der Waals surface area contributed by atoms with Crippen LogP contribution in [-0.4, -0.2) is 20.8 Å². The zero-order valence-electron chi connectivity index (χ0n) is 19.1. The summed E-state index contributed by atoms with van der Waals surface area (Å²) in [4.78, 5) is 13.2. The van der Waals surface area contributed by atoms with Crippen molar-refractivity contribution in [1.29, 1.82) is 5.26 Å². The monoisotopic (exact) mass is 477 g/mol. The van der Waals surface area contributed by atoms with Gasteiger partial charge in [0.1, 0.15) is 29.1 Å². The second-order valence-electron chi connectivity index (χ2n) is 9.66. The molecule has 0 spiro atoms. The number of hydrogen-bond acceptors (Lipinski definition) is 5. The number of carbonyl (C=O) groups excluding carboxylic acids is 1. The highest BCUT2D eigenvalue weighted by Crippen LogP contribution is 2.57. The zero-order valence-corrected chi connectivity index (χ0v) is 19.1. The van der Waals surface area contributed by atoms with Gasteiger partial charge in [-0.2, -0.15) is 10.4 Å². The van der Waals surface area contributed by atoms with Crippen LogP contribution in [0.1, 0.15) is 58.8 Å². The van der Waals surface area contributed by atoms with Gasteiger partial charge in [0.15, 0.2) is 0 Å². The molecule has 2 atom stereocenters. The number of benzene rings is 2. The van der Waals surface area contributed by atoms with Gasteiger partial charge in [-0.05, 0) is 73.4 Å². The molecular weight excluding hydrogens is 452 g/mol. The average molecular weight is 478 g/mol. The predicted molar refractivity (Wildman–Crippen MR) is 125 cm³/mol. The molecule has 2 aliphatic carbocycles. The lowest BCUT2D eigenvalue weighted by atomic mass is 9.87. The predicted octanol–water partition coefficient (Wildman–Crippen LogP) is 4.20. The van der Waals surface area contributed by atoms with E-state index in [1.54, 1.807) is 25.2 Å². The Kier molecular flexibility index (Phi) is 5.56. The van der Waals surface area contributed by atoms with Crippen LogP contribution in [-0.2, 0) is 12.6 Å². The average Bonchev–Trinajstić information content (AvgIpc) is 3.45. The molecule has 180 valence electrons. The molecule has 3 aromatic rings. The number of anilines is 2. The summed E-state index contributed by atoms with van der Waals surface area (Å²) in [7, 11) is 1.67. The highest BCUT2D eigenvalue weighted by atomic mass is 19.1. The first-order valence-electron chi connectivity index (χ1n) is 11.5. The number of hydrogen-bond donors (Lipinski definition) is 3. The molecule has 9 heteroatoms. The number of nitrogens with one attached hydrogen (secondary N) is 1. The van der Waals surface area contributed by atoms with Crippen LogP contribution < -0.4 is 11.1 Å². The van der Waals surface area contributed by atoms with E-state index in [4.69, 9.17) is 11.0 Å². The Morgan fingerprint density at radius 3 is 2.49 bits per heavy atom. The minimum Gasteiger partial charge on any atom is -0.385 e. The van der Waals surface area contributed by atoms with Gasteiger partial charge in [-0.25, -0.2) is 8.78 Å². The Bertz CT molecular complexity index is 1330. The third-order valence-electron chi connectivity index (χ3n) is 7.50. The SMILES string of the molecule is Cn1nc(C2CC3CC(O)(c4ccc(F)cc4)CC3C2)c(C(=O)Nc2ccc(F)c(C#N)c2)c1N. The number of nitrogens with zero attached hydrogens (tertiary/aromatic N) is 3. The van der Waals surface area contributed by atoms with E-state index in [-0.39, 0.29) is 46.2 Å². The molecule has 1 amide bonds. The van der Waals surface area contributed by atoms with Crippen molar-refractivity contribution in [2.75, 3.05) is 11.1 Å². The van der Waals surface area contributed by atoms with Crippen LogP contribution >= 0.6 is 0 Å². The number of aliphatic hydroxyl groups is 1. The van der Waals surface area contributed by atoms with Gasteiger partial charge in [-0.1, -0.05) is 12.1 Å². The Morgan fingerprint density at radius 1 is 1.20 bits per heavy atom. The highest BCUT2D eigenvalue weighted by Gasteiger charge is 2.50. The molecule has 35 heavy (non-hydrogen) atoms. The van der Waals surface area contributed by atoms with Crippen molar-refractivity contribution in [3.63, 3.8) is 0 Å². The van der Waals surface area contributed by atoms with Crippen LogP contribution in [0.15, 0.2) is 42.5 Å². The molecule has 7 nitrogen and oxygen atoms in total. The molecule has 0 aliphatic heterocycles. The normalized spacial score (nSPS) is 25.3. The second kappa shape index (κ2) is 8.47. The first kappa shape index (κ1) is 23.0. The molecule has 5 rings (SSSR count). The molecule has 2 unspecified atom stereocenters. The van der Waals surface area contributed by atoms with Crippen molar-refractivity contribution in [2.24, 2.45) is 18.9 Å². The third kappa shape index (κ3) is 4.04. The van der Waals surface area contributed by atoms with E-state index in [9.17, 15) is 18.7 Å². The van der Waals surface area contributed by atoms with Crippen LogP contribution in [0.25, 0.3) is 0 Å². The van der Waals surface area contributed by atoms with Crippen molar-refractivity contribution in [2.45, 2.75) is 37.2 Å². The summed E-state index contributed by atoms with van der Waals surface area (Å²) < 4.78 is 28.5. The minimum atomic E-state index is -0.988. The molecule has 2 aliphatic rings. The van der Waals surface area contributed by atoms with Gasteiger partial charge in [0.2, 0.25) is 0 Å². The fourth-order valence-electron chi connectivity index (χ4n) is 5.84. The van der Waals surface area contributed by atoms with E-state index in [2.05, 4.69) is 10.4 Å². The smallest absolute Gasteiger partial charge is 0.261 e. The molecule has 2 saturated carbocycles. The maximum Gasteiger partial charge on any atom is 0.261 e. The van der Waals surface area contributed by atoms with Gasteiger partial charge in [0, 0.05) is 18.7 Å². The van der Waals surface area contributed by atoms with Crippen LogP contribution in [0.5, 0.6) is 0 Å². The lowest BCUT2D eigenvalue weighted by molar-refractivity contribution is 0.0344. The molecule has 1 aromatic heterocycles. The van der Waals surface area contributed by atoms with E-state index < -0.39 is 17.3 Å². The van der Waals surface area contributed by atoms with Crippen LogP contribution in [0, 0.1) is 34.8 Å². The summed E-state index contributed by atoms with van der Waals surface area (Å²) in [6, 6.07) is 11.6. The van der Waals surface area contributed by atoms with E-state index in [0.717, 1.165) is 24.5 Å². The van der Waals surface area contributed by atoms with Crippen molar-refractivity contribution < 1.29 is 18.7 Å². The molecule has 0 saturated heterocycles. The summed E-state index contributed by atoms with van der Waals surface area (Å²) in [6.07, 6.45) is 2.63. The number of halogens is 2. The molecule has 4 N–H and O–H groups in total. The Hall–Kier alpha value is -3.77. The molecule has 0 bridgehead atoms. The Labute approximate surface area is 201 Å². The van der Waals surface area contributed by atoms with Crippen molar-refractivity contribution in [3.8, 4) is 6.07 Å². The number of rotatable bonds is 4. The lowest BCUT2D eigenvalue weighted by Gasteiger charge is -2.25. The van der Waals surface area contributed by atoms with Crippen molar-refractivity contribution >= 4 is 17.4 Å². The number of aromatic nitrogens is 2. The number of nitriles is 1. The summed E-state index contributed by atoms with van der Waals surface area (Å²) >= 11 is 0. The van der Waals surface area contributed by atoms with E-state index in [0.29, 0.717) is 18.5 Å². The maximum absolute atomic E-state index is 13.7. The fourth-order valence-corrected chi connectivity index (χ4v) is 5.84. The largest absolute Gasteiger partial charge is 0.385 e. The summed E-state index contributed by atoms with van der Waals surface area (Å²) in [5.41, 5.74) is 6.94. The van der Waals surface area contributed by atoms with Gasteiger partial charge in [0.05, 0.1) is 16.9 Å². The van der Waals surface area contributed by atoms with Crippen LogP contribution in [0.2, 0.25) is 0 Å². The van der Waals surface area contributed by atoms with Crippen LogP contribution in [0.3, 0.4) is 0 Å². The quantitative estimate of drug-likeness (QED) is 0.521. The highest BCUT2D eigenvalue weighted by molar-refractivity contribution is 6.08. The van der Waals surface area contributed by atoms with Gasteiger partial charge in [-0.3, -0.25) is 9.48 Å². The standard InChI is InChI=1S/C26H25F2N5O2/c1-33-24(30)22(25(34)31-20-6-7-21(28)17(10-20)13-29)23(32-33)14-8-15-11-26(35,12-16(15)9-14)18-2-4-19(27)5-3-18/h2-7,10,14-16,35H,8-9,11-12,30H2,1H3,(H,31,34). The third-order valence-corrected chi connectivity index (χ3v) is 7.50. The van der Waals surface area contributed by atoms with E-state index in [1.807, 2.05) is 0 Å². The van der Waals surface area contributed by atoms with E-state index in [1.165, 1.54) is 28.9 Å². The van der Waals surface area contributed by atoms with Gasteiger partial charge < -0.3 is 16.2 Å². The minimum absolute atomic E-state index is 0.00472. The number of nitrogen functional groups attached to an aromatic ring is 1. The van der Waals surface area contributed by atoms with Crippen molar-refractivity contribution in [3.05, 3.63) is 76.5 Å². The maximum atomic E-state index is 13.7. The van der Waals surface area contributed by atoms with Gasteiger partial charge in [-0.15, -0.1) is 0 Å². The molecule has 2 aromatic carbocycles. The molecular formula is C26H25F2N5O2. The Balaban J connectivity index is 1.35.